The van der Waals surface area contributed by atoms with Crippen molar-refractivity contribution in [1.29, 1.82) is 0 Å². The minimum Gasteiger partial charge on any atom is -0.505 e. The molecule has 0 atom stereocenters. The molecule has 84 valence electrons. The van der Waals surface area contributed by atoms with E-state index in [2.05, 4.69) is 20.8 Å². The van der Waals surface area contributed by atoms with E-state index in [0.29, 0.717) is 11.4 Å². The summed E-state index contributed by atoms with van der Waals surface area (Å²) in [5.74, 6) is 0.295. The number of hydrogen-bond acceptors (Lipinski definition) is 2. The molecule has 0 saturated heterocycles. The monoisotopic (exact) mass is 207 g/mol. The predicted molar refractivity (Wildman–Crippen MR) is 65.3 cm³/mol. The van der Waals surface area contributed by atoms with E-state index in [4.69, 9.17) is 5.73 Å². The maximum absolute atomic E-state index is 9.99. The molecule has 1 aromatic rings. The van der Waals surface area contributed by atoms with E-state index in [1.54, 1.807) is 0 Å². The van der Waals surface area contributed by atoms with Gasteiger partial charge < -0.3 is 10.8 Å². The molecule has 0 bridgehead atoms. The van der Waals surface area contributed by atoms with Crippen molar-refractivity contribution in [3.05, 3.63) is 22.3 Å². The number of rotatable bonds is 3. The van der Waals surface area contributed by atoms with Gasteiger partial charge in [0.2, 0.25) is 0 Å². The quantitative estimate of drug-likeness (QED) is 0.590. The molecule has 0 aliphatic carbocycles. The Morgan fingerprint density at radius 1 is 1.07 bits per heavy atom. The number of unbranched alkanes of at least 4 members (excludes halogenated alkanes) is 1. The fourth-order valence-electron chi connectivity index (χ4n) is 1.89. The van der Waals surface area contributed by atoms with Crippen LogP contribution >= 0.6 is 0 Å². The first-order chi connectivity index (χ1) is 7.00. The Morgan fingerprint density at radius 2 is 1.67 bits per heavy atom. The molecule has 0 spiro atoms. The zero-order chi connectivity index (χ0) is 11.6. The molecule has 0 aromatic heterocycles. The van der Waals surface area contributed by atoms with E-state index < -0.39 is 0 Å². The number of phenolic OH excluding ortho intramolecular Hbond substituents is 1. The van der Waals surface area contributed by atoms with Gasteiger partial charge in [0, 0.05) is 0 Å². The van der Waals surface area contributed by atoms with E-state index in [1.807, 2.05) is 6.92 Å². The Hall–Kier alpha value is -1.18. The molecule has 3 N–H and O–H groups in total. The molecule has 1 aromatic carbocycles. The van der Waals surface area contributed by atoms with Gasteiger partial charge in [0.15, 0.2) is 0 Å². The van der Waals surface area contributed by atoms with Crippen LogP contribution in [0.1, 0.15) is 42.0 Å². The fourth-order valence-corrected chi connectivity index (χ4v) is 1.89. The van der Waals surface area contributed by atoms with Crippen molar-refractivity contribution < 1.29 is 5.11 Å². The summed E-state index contributed by atoms with van der Waals surface area (Å²) >= 11 is 0. The van der Waals surface area contributed by atoms with Crippen molar-refractivity contribution in [2.45, 2.75) is 47.0 Å². The summed E-state index contributed by atoms with van der Waals surface area (Å²) in [6, 6.07) is 0. The minimum atomic E-state index is 0.295. The zero-order valence-corrected chi connectivity index (χ0v) is 10.1. The second kappa shape index (κ2) is 4.56. The molecule has 0 saturated carbocycles. The SMILES string of the molecule is CCCCc1c(C)c(C)c(C)c(N)c1O. The van der Waals surface area contributed by atoms with Crippen molar-refractivity contribution in [2.24, 2.45) is 0 Å². The first-order valence-electron chi connectivity index (χ1n) is 5.57. The third kappa shape index (κ3) is 2.09. The van der Waals surface area contributed by atoms with Crippen LogP contribution < -0.4 is 5.73 Å². The van der Waals surface area contributed by atoms with Crippen LogP contribution in [0.4, 0.5) is 5.69 Å². The smallest absolute Gasteiger partial charge is 0.142 e. The maximum Gasteiger partial charge on any atom is 0.142 e. The van der Waals surface area contributed by atoms with Crippen molar-refractivity contribution >= 4 is 5.69 Å². The van der Waals surface area contributed by atoms with Gasteiger partial charge in [0.25, 0.3) is 0 Å². The molecule has 2 nitrogen and oxygen atoms in total. The zero-order valence-electron chi connectivity index (χ0n) is 10.1. The molecule has 0 amide bonds. The highest BCUT2D eigenvalue weighted by atomic mass is 16.3. The van der Waals surface area contributed by atoms with Crippen LogP contribution in [0.3, 0.4) is 0 Å². The summed E-state index contributed by atoms with van der Waals surface area (Å²) in [4.78, 5) is 0. The van der Waals surface area contributed by atoms with Crippen molar-refractivity contribution in [3.63, 3.8) is 0 Å². The van der Waals surface area contributed by atoms with Gasteiger partial charge in [-0.05, 0) is 55.9 Å². The number of nitrogens with two attached hydrogens (primary N) is 1. The molecule has 0 aliphatic rings. The van der Waals surface area contributed by atoms with E-state index in [-0.39, 0.29) is 0 Å². The Kier molecular flexibility index (Phi) is 3.61. The molecule has 0 radical (unpaired) electrons. The molecule has 0 heterocycles. The third-order valence-electron chi connectivity index (χ3n) is 3.30. The second-order valence-electron chi connectivity index (χ2n) is 4.22. The third-order valence-corrected chi connectivity index (χ3v) is 3.30. The molecule has 2 heteroatoms. The Bertz CT molecular complexity index is 340. The molecule has 1 rings (SSSR count). The van der Waals surface area contributed by atoms with Crippen molar-refractivity contribution in [1.82, 2.24) is 0 Å². The molecule has 0 unspecified atom stereocenters. The number of nitrogen functional groups attached to an aromatic ring is 1. The fraction of sp³-hybridized carbons (Fsp3) is 0.538. The van der Waals surface area contributed by atoms with E-state index in [0.717, 1.165) is 30.4 Å². The summed E-state index contributed by atoms with van der Waals surface area (Å²) in [5, 5.41) is 9.99. The van der Waals surface area contributed by atoms with Gasteiger partial charge in [-0.15, -0.1) is 0 Å². The molecular weight excluding hydrogens is 186 g/mol. The number of benzene rings is 1. The lowest BCUT2D eigenvalue weighted by atomic mass is 9.93. The highest BCUT2D eigenvalue weighted by Crippen LogP contribution is 2.35. The van der Waals surface area contributed by atoms with Crippen LogP contribution in [-0.4, -0.2) is 5.11 Å². The summed E-state index contributed by atoms with van der Waals surface area (Å²) < 4.78 is 0. The van der Waals surface area contributed by atoms with Crippen molar-refractivity contribution in [2.75, 3.05) is 5.73 Å². The molecule has 15 heavy (non-hydrogen) atoms. The first-order valence-corrected chi connectivity index (χ1v) is 5.57. The van der Waals surface area contributed by atoms with Gasteiger partial charge in [0.1, 0.15) is 5.75 Å². The number of hydrogen-bond donors (Lipinski definition) is 2. The van der Waals surface area contributed by atoms with Gasteiger partial charge >= 0.3 is 0 Å². The van der Waals surface area contributed by atoms with E-state index in [9.17, 15) is 5.11 Å². The summed E-state index contributed by atoms with van der Waals surface area (Å²) in [5.41, 5.74) is 10.8. The van der Waals surface area contributed by atoms with Crippen LogP contribution in [0.25, 0.3) is 0 Å². The maximum atomic E-state index is 9.99. The van der Waals surface area contributed by atoms with Gasteiger partial charge in [-0.25, -0.2) is 0 Å². The number of phenols is 1. The average molecular weight is 207 g/mol. The van der Waals surface area contributed by atoms with Gasteiger partial charge in [0.05, 0.1) is 5.69 Å². The predicted octanol–water partition coefficient (Wildman–Crippen LogP) is 3.24. The standard InChI is InChI=1S/C13H21NO/c1-5-6-7-11-9(3)8(2)10(4)12(14)13(11)15/h15H,5-7,14H2,1-4H3. The lowest BCUT2D eigenvalue weighted by Crippen LogP contribution is -2.01. The average Bonchev–Trinajstić information content (AvgIpc) is 2.24. The van der Waals surface area contributed by atoms with Crippen LogP contribution in [0.2, 0.25) is 0 Å². The topological polar surface area (TPSA) is 46.2 Å². The molecule has 0 aliphatic heterocycles. The van der Waals surface area contributed by atoms with Gasteiger partial charge in [-0.3, -0.25) is 0 Å². The number of aromatic hydroxyl groups is 1. The van der Waals surface area contributed by atoms with E-state index >= 15 is 0 Å². The van der Waals surface area contributed by atoms with Crippen LogP contribution in [0.15, 0.2) is 0 Å². The molecular formula is C13H21NO. The Balaban J connectivity index is 3.26. The summed E-state index contributed by atoms with van der Waals surface area (Å²) in [7, 11) is 0. The van der Waals surface area contributed by atoms with Gasteiger partial charge in [-0.1, -0.05) is 13.3 Å². The summed E-state index contributed by atoms with van der Waals surface area (Å²) in [6.07, 6.45) is 3.14. The van der Waals surface area contributed by atoms with Crippen LogP contribution in [0, 0.1) is 20.8 Å². The van der Waals surface area contributed by atoms with Gasteiger partial charge in [-0.2, -0.15) is 0 Å². The van der Waals surface area contributed by atoms with Crippen LogP contribution in [0.5, 0.6) is 5.75 Å². The lowest BCUT2D eigenvalue weighted by molar-refractivity contribution is 0.468. The highest BCUT2D eigenvalue weighted by molar-refractivity contribution is 5.66. The lowest BCUT2D eigenvalue weighted by Gasteiger charge is -2.16. The second-order valence-corrected chi connectivity index (χ2v) is 4.22. The number of anilines is 1. The minimum absolute atomic E-state index is 0.295. The van der Waals surface area contributed by atoms with Crippen molar-refractivity contribution in [3.8, 4) is 5.75 Å². The summed E-state index contributed by atoms with van der Waals surface area (Å²) in [6.45, 7) is 8.24. The Morgan fingerprint density at radius 3 is 2.20 bits per heavy atom. The first kappa shape index (κ1) is 11.9. The largest absolute Gasteiger partial charge is 0.505 e. The highest BCUT2D eigenvalue weighted by Gasteiger charge is 2.14. The normalized spacial score (nSPS) is 10.7. The Labute approximate surface area is 92.1 Å². The molecule has 0 fully saturated rings. The van der Waals surface area contributed by atoms with E-state index in [1.165, 1.54) is 11.1 Å². The van der Waals surface area contributed by atoms with Crippen LogP contribution in [-0.2, 0) is 6.42 Å².